The lowest BCUT2D eigenvalue weighted by Crippen LogP contribution is -2.36. The van der Waals surface area contributed by atoms with Crippen LogP contribution >= 0.6 is 11.6 Å². The summed E-state index contributed by atoms with van der Waals surface area (Å²) in [6.45, 7) is 0. The molecule has 31 heavy (non-hydrogen) atoms. The Kier molecular flexibility index (Phi) is 5.59. The van der Waals surface area contributed by atoms with Gasteiger partial charge in [-0.1, -0.05) is 29.8 Å². The van der Waals surface area contributed by atoms with E-state index in [0.717, 1.165) is 0 Å². The van der Waals surface area contributed by atoms with Crippen molar-refractivity contribution >= 4 is 46.6 Å². The Morgan fingerprint density at radius 1 is 1.19 bits per heavy atom. The molecule has 2 heterocycles. The molecular formula is C21H18ClN5O4. The average Bonchev–Trinajstić information content (AvgIpc) is 2.73. The van der Waals surface area contributed by atoms with Crippen LogP contribution in [0.3, 0.4) is 0 Å². The number of carbonyl (C=O) groups excluding carboxylic acids is 2. The van der Waals surface area contributed by atoms with Crippen molar-refractivity contribution in [2.24, 2.45) is 0 Å². The molecule has 4 N–H and O–H groups in total. The number of hydrogen-bond acceptors (Lipinski definition) is 6. The van der Waals surface area contributed by atoms with Crippen LogP contribution in [0.2, 0.25) is 5.02 Å². The summed E-state index contributed by atoms with van der Waals surface area (Å²) in [5.41, 5.74) is 0.590. The van der Waals surface area contributed by atoms with Gasteiger partial charge in [-0.2, -0.15) is 4.98 Å². The van der Waals surface area contributed by atoms with Crippen molar-refractivity contribution in [1.82, 2.24) is 9.97 Å². The van der Waals surface area contributed by atoms with Crippen molar-refractivity contribution in [1.29, 1.82) is 0 Å². The number of aromatic amines is 1. The Bertz CT molecular complexity index is 1210. The number of methoxy groups -OCH3 is 1. The fourth-order valence-electron chi connectivity index (χ4n) is 3.31. The highest BCUT2D eigenvalue weighted by Crippen LogP contribution is 2.33. The SMILES string of the molecule is COc1ccc(Cl)cc1NC(=O)[C@@H]1CC(=O)Nc2nc(Nc3ccccc3)[nH]c(=O)c21. The molecular weight excluding hydrogens is 422 g/mol. The van der Waals surface area contributed by atoms with Gasteiger partial charge in [-0.25, -0.2) is 0 Å². The van der Waals surface area contributed by atoms with Crippen LogP contribution < -0.4 is 26.2 Å². The van der Waals surface area contributed by atoms with Crippen molar-refractivity contribution in [3.05, 3.63) is 69.5 Å². The second kappa shape index (κ2) is 8.49. The molecule has 0 unspecified atom stereocenters. The Labute approximate surface area is 181 Å². The Balaban J connectivity index is 1.66. The van der Waals surface area contributed by atoms with Gasteiger partial charge < -0.3 is 20.7 Å². The molecule has 10 heteroatoms. The summed E-state index contributed by atoms with van der Waals surface area (Å²) in [6.07, 6.45) is -0.196. The molecule has 0 aliphatic carbocycles. The molecule has 0 spiro atoms. The molecule has 1 aliphatic heterocycles. The lowest BCUT2D eigenvalue weighted by molar-refractivity contribution is -0.123. The van der Waals surface area contributed by atoms with Crippen LogP contribution in [-0.4, -0.2) is 28.9 Å². The second-order valence-corrected chi connectivity index (χ2v) is 7.24. The molecule has 2 aromatic carbocycles. The monoisotopic (exact) mass is 439 g/mol. The van der Waals surface area contributed by atoms with Crippen molar-refractivity contribution < 1.29 is 14.3 Å². The van der Waals surface area contributed by atoms with Crippen LogP contribution in [0.4, 0.5) is 23.1 Å². The molecule has 158 valence electrons. The van der Waals surface area contributed by atoms with Crippen LogP contribution in [0.25, 0.3) is 0 Å². The van der Waals surface area contributed by atoms with Crippen LogP contribution in [-0.2, 0) is 9.59 Å². The molecule has 0 bridgehead atoms. The van der Waals surface area contributed by atoms with Gasteiger partial charge in [0, 0.05) is 17.1 Å². The third-order valence-electron chi connectivity index (χ3n) is 4.72. The standard InChI is InChI=1S/C21H18ClN5O4/c1-31-15-8-7-11(22)9-14(15)24-19(29)13-10-16(28)25-18-17(13)20(30)27-21(26-18)23-12-5-3-2-4-6-12/h2-9,13H,10H2,1H3,(H,24,29)(H3,23,25,26,27,28,30)/t13-/m1/s1. The summed E-state index contributed by atoms with van der Waals surface area (Å²) >= 11 is 6.01. The number of hydrogen-bond donors (Lipinski definition) is 4. The van der Waals surface area contributed by atoms with Crippen LogP contribution in [0, 0.1) is 0 Å². The minimum absolute atomic E-state index is 0.0386. The lowest BCUT2D eigenvalue weighted by Gasteiger charge is -2.24. The number of halogens is 1. The van der Waals surface area contributed by atoms with E-state index in [1.165, 1.54) is 13.2 Å². The Morgan fingerprint density at radius 2 is 1.97 bits per heavy atom. The quantitative estimate of drug-likeness (QED) is 0.483. The number of para-hydroxylation sites is 1. The van der Waals surface area contributed by atoms with Crippen molar-refractivity contribution in [2.75, 3.05) is 23.1 Å². The number of ether oxygens (including phenoxy) is 1. The van der Waals surface area contributed by atoms with E-state index in [9.17, 15) is 14.4 Å². The smallest absolute Gasteiger partial charge is 0.258 e. The molecule has 0 saturated carbocycles. The third-order valence-corrected chi connectivity index (χ3v) is 4.96. The number of fused-ring (bicyclic) bond motifs is 1. The molecule has 1 aliphatic rings. The van der Waals surface area contributed by atoms with Crippen molar-refractivity contribution in [3.8, 4) is 5.75 Å². The lowest BCUT2D eigenvalue weighted by atomic mass is 9.92. The molecule has 1 aromatic heterocycles. The summed E-state index contributed by atoms with van der Waals surface area (Å²) in [5, 5.41) is 8.62. The first kappa shape index (κ1) is 20.4. The van der Waals surface area contributed by atoms with Crippen molar-refractivity contribution in [2.45, 2.75) is 12.3 Å². The van der Waals surface area contributed by atoms with Gasteiger partial charge in [-0.05, 0) is 30.3 Å². The van der Waals surface area contributed by atoms with Crippen LogP contribution in [0.15, 0.2) is 53.3 Å². The first-order chi connectivity index (χ1) is 14.9. The minimum Gasteiger partial charge on any atom is -0.495 e. The molecule has 0 fully saturated rings. The highest BCUT2D eigenvalue weighted by atomic mass is 35.5. The van der Waals surface area contributed by atoms with Gasteiger partial charge in [0.25, 0.3) is 5.56 Å². The van der Waals surface area contributed by atoms with E-state index in [1.54, 1.807) is 24.3 Å². The molecule has 3 aromatic rings. The first-order valence-corrected chi connectivity index (χ1v) is 9.73. The zero-order chi connectivity index (χ0) is 22.0. The van der Waals surface area contributed by atoms with E-state index in [-0.39, 0.29) is 23.8 Å². The van der Waals surface area contributed by atoms with Gasteiger partial charge in [0.2, 0.25) is 17.8 Å². The first-order valence-electron chi connectivity index (χ1n) is 9.35. The molecule has 0 saturated heterocycles. The number of amides is 2. The van der Waals surface area contributed by atoms with E-state index in [0.29, 0.717) is 22.1 Å². The van der Waals surface area contributed by atoms with E-state index >= 15 is 0 Å². The highest BCUT2D eigenvalue weighted by molar-refractivity contribution is 6.31. The predicted molar refractivity (Wildman–Crippen MR) is 117 cm³/mol. The summed E-state index contributed by atoms with van der Waals surface area (Å²) in [6, 6.07) is 13.9. The molecule has 9 nitrogen and oxygen atoms in total. The van der Waals surface area contributed by atoms with Gasteiger partial charge in [0.15, 0.2) is 0 Å². The zero-order valence-corrected chi connectivity index (χ0v) is 17.1. The maximum Gasteiger partial charge on any atom is 0.258 e. The molecule has 1 atom stereocenters. The number of rotatable bonds is 5. The molecule has 4 rings (SSSR count). The number of benzene rings is 2. The summed E-state index contributed by atoms with van der Waals surface area (Å²) in [4.78, 5) is 45.0. The largest absolute Gasteiger partial charge is 0.495 e. The fraction of sp³-hybridized carbons (Fsp3) is 0.143. The topological polar surface area (TPSA) is 125 Å². The normalized spacial score (nSPS) is 14.9. The van der Waals surface area contributed by atoms with Crippen molar-refractivity contribution in [3.63, 3.8) is 0 Å². The Hall–Kier alpha value is -3.85. The van der Waals surface area contributed by atoms with Gasteiger partial charge in [-0.15, -0.1) is 0 Å². The number of nitrogens with one attached hydrogen (secondary N) is 4. The zero-order valence-electron chi connectivity index (χ0n) is 16.4. The van der Waals surface area contributed by atoms with Gasteiger partial charge >= 0.3 is 0 Å². The summed E-state index contributed by atoms with van der Waals surface area (Å²) < 4.78 is 5.23. The fourth-order valence-corrected chi connectivity index (χ4v) is 3.48. The van der Waals surface area contributed by atoms with Gasteiger partial charge in [-0.3, -0.25) is 19.4 Å². The van der Waals surface area contributed by atoms with Crippen LogP contribution in [0.5, 0.6) is 5.75 Å². The predicted octanol–water partition coefficient (Wildman–Crippen LogP) is 3.24. The highest BCUT2D eigenvalue weighted by Gasteiger charge is 2.35. The molecule has 0 radical (unpaired) electrons. The minimum atomic E-state index is -1.03. The van der Waals surface area contributed by atoms with Gasteiger partial charge in [0.1, 0.15) is 11.6 Å². The van der Waals surface area contributed by atoms with E-state index in [2.05, 4.69) is 25.9 Å². The second-order valence-electron chi connectivity index (χ2n) is 6.81. The van der Waals surface area contributed by atoms with E-state index in [4.69, 9.17) is 16.3 Å². The number of carbonyl (C=O) groups is 2. The maximum absolute atomic E-state index is 13.0. The number of anilines is 4. The Morgan fingerprint density at radius 3 is 2.71 bits per heavy atom. The maximum atomic E-state index is 13.0. The number of nitrogens with zero attached hydrogens (tertiary/aromatic N) is 1. The summed E-state index contributed by atoms with van der Waals surface area (Å²) in [7, 11) is 1.46. The van der Waals surface area contributed by atoms with Crippen LogP contribution in [0.1, 0.15) is 17.9 Å². The van der Waals surface area contributed by atoms with Gasteiger partial charge in [0.05, 0.1) is 24.3 Å². The number of aromatic nitrogens is 2. The number of H-pyrrole nitrogens is 1. The van der Waals surface area contributed by atoms with E-state index < -0.39 is 23.3 Å². The third kappa shape index (κ3) is 4.36. The average molecular weight is 440 g/mol. The molecule has 2 amide bonds. The summed E-state index contributed by atoms with van der Waals surface area (Å²) in [5.74, 6) is -1.42. The van der Waals surface area contributed by atoms with E-state index in [1.807, 2.05) is 18.2 Å².